The molecule has 8 heteroatoms. The summed E-state index contributed by atoms with van der Waals surface area (Å²) < 4.78 is 5.57. The molecule has 0 aliphatic carbocycles. The van der Waals surface area contributed by atoms with Crippen LogP contribution >= 0.6 is 0 Å². The van der Waals surface area contributed by atoms with Crippen molar-refractivity contribution in [1.82, 2.24) is 10.9 Å². The fourth-order valence-electron chi connectivity index (χ4n) is 1.99. The first kappa shape index (κ1) is 17.9. The van der Waals surface area contributed by atoms with E-state index >= 15 is 0 Å². The van der Waals surface area contributed by atoms with Crippen molar-refractivity contribution in [3.05, 3.63) is 70.3 Å². The molecule has 2 amide bonds. The predicted molar refractivity (Wildman–Crippen MR) is 89.9 cm³/mol. The molecule has 1 atom stereocenters. The van der Waals surface area contributed by atoms with Gasteiger partial charge in [0, 0.05) is 17.7 Å². The summed E-state index contributed by atoms with van der Waals surface area (Å²) in [6, 6.07) is 13.9. The first-order valence-electron chi connectivity index (χ1n) is 7.57. The fourth-order valence-corrected chi connectivity index (χ4v) is 1.99. The van der Waals surface area contributed by atoms with E-state index in [1.165, 1.54) is 24.3 Å². The van der Waals surface area contributed by atoms with Crippen LogP contribution in [0.2, 0.25) is 0 Å². The first-order chi connectivity index (χ1) is 12.0. The van der Waals surface area contributed by atoms with E-state index in [0.717, 1.165) is 0 Å². The SMILES string of the molecule is CCC(Oc1ccccc1)C(=O)NNC(=O)c1ccc([N+](=O)[O-])cc1. The second-order valence-electron chi connectivity index (χ2n) is 5.08. The summed E-state index contributed by atoms with van der Waals surface area (Å²) in [5, 5.41) is 10.6. The van der Waals surface area contributed by atoms with Crippen LogP contribution in [0.1, 0.15) is 23.7 Å². The normalized spacial score (nSPS) is 11.2. The molecule has 0 radical (unpaired) electrons. The Balaban J connectivity index is 1.91. The third kappa shape index (κ3) is 5.03. The minimum Gasteiger partial charge on any atom is -0.481 e. The lowest BCUT2D eigenvalue weighted by molar-refractivity contribution is -0.384. The summed E-state index contributed by atoms with van der Waals surface area (Å²) in [4.78, 5) is 34.1. The number of rotatable bonds is 6. The Labute approximate surface area is 143 Å². The highest BCUT2D eigenvalue weighted by molar-refractivity contribution is 5.95. The van der Waals surface area contributed by atoms with Crippen LogP contribution in [0.4, 0.5) is 5.69 Å². The predicted octanol–water partition coefficient (Wildman–Crippen LogP) is 2.21. The second-order valence-corrected chi connectivity index (χ2v) is 5.08. The summed E-state index contributed by atoms with van der Waals surface area (Å²) in [7, 11) is 0. The zero-order chi connectivity index (χ0) is 18.2. The van der Waals surface area contributed by atoms with E-state index in [4.69, 9.17) is 4.74 Å². The van der Waals surface area contributed by atoms with Crippen LogP contribution in [-0.2, 0) is 4.79 Å². The molecule has 0 aliphatic heterocycles. The largest absolute Gasteiger partial charge is 0.481 e. The summed E-state index contributed by atoms with van der Waals surface area (Å²) in [5.74, 6) is -0.536. The average molecular weight is 343 g/mol. The van der Waals surface area contributed by atoms with Crippen LogP contribution in [0.5, 0.6) is 5.75 Å². The molecule has 0 saturated heterocycles. The number of nitrogens with one attached hydrogen (secondary N) is 2. The van der Waals surface area contributed by atoms with Crippen LogP contribution in [0.25, 0.3) is 0 Å². The van der Waals surface area contributed by atoms with Crippen molar-refractivity contribution in [1.29, 1.82) is 0 Å². The van der Waals surface area contributed by atoms with E-state index in [1.54, 1.807) is 31.2 Å². The van der Waals surface area contributed by atoms with Crippen molar-refractivity contribution >= 4 is 17.5 Å². The number of hydrogen-bond donors (Lipinski definition) is 2. The fraction of sp³-hybridized carbons (Fsp3) is 0.176. The van der Waals surface area contributed by atoms with Gasteiger partial charge in [-0.25, -0.2) is 0 Å². The second kappa shape index (κ2) is 8.44. The number of carbonyl (C=O) groups is 2. The number of ether oxygens (including phenoxy) is 1. The van der Waals surface area contributed by atoms with Gasteiger partial charge in [0.1, 0.15) is 5.75 Å². The van der Waals surface area contributed by atoms with Crippen molar-refractivity contribution < 1.29 is 19.2 Å². The van der Waals surface area contributed by atoms with Crippen molar-refractivity contribution in [3.8, 4) is 5.75 Å². The van der Waals surface area contributed by atoms with Gasteiger partial charge in [-0.15, -0.1) is 0 Å². The van der Waals surface area contributed by atoms with Crippen LogP contribution < -0.4 is 15.6 Å². The van der Waals surface area contributed by atoms with E-state index in [2.05, 4.69) is 10.9 Å². The van der Waals surface area contributed by atoms with E-state index in [1.807, 2.05) is 6.07 Å². The number of hydrazine groups is 1. The molecular weight excluding hydrogens is 326 g/mol. The maximum atomic E-state index is 12.1. The van der Waals surface area contributed by atoms with Gasteiger partial charge in [-0.3, -0.25) is 30.6 Å². The molecule has 1 unspecified atom stereocenters. The molecule has 0 aromatic heterocycles. The number of nitro benzene ring substituents is 1. The molecule has 0 spiro atoms. The summed E-state index contributed by atoms with van der Waals surface area (Å²) in [6.07, 6.45) is -0.353. The van der Waals surface area contributed by atoms with E-state index in [-0.39, 0.29) is 11.3 Å². The van der Waals surface area contributed by atoms with Crippen LogP contribution in [0.3, 0.4) is 0 Å². The molecular formula is C17H17N3O5. The molecule has 130 valence electrons. The van der Waals surface area contributed by atoms with E-state index in [0.29, 0.717) is 12.2 Å². The van der Waals surface area contributed by atoms with Crippen molar-refractivity contribution in [2.45, 2.75) is 19.4 Å². The molecule has 0 heterocycles. The quantitative estimate of drug-likeness (QED) is 0.617. The Hall–Kier alpha value is -3.42. The van der Waals surface area contributed by atoms with Crippen LogP contribution in [0.15, 0.2) is 54.6 Å². The molecule has 0 bridgehead atoms. The zero-order valence-electron chi connectivity index (χ0n) is 13.5. The minimum atomic E-state index is -0.764. The Morgan fingerprint density at radius 1 is 1.08 bits per heavy atom. The van der Waals surface area contributed by atoms with Gasteiger partial charge in [0.2, 0.25) is 0 Å². The Kier molecular flexibility index (Phi) is 6.05. The lowest BCUT2D eigenvalue weighted by atomic mass is 10.2. The van der Waals surface area contributed by atoms with Crippen LogP contribution in [0, 0.1) is 10.1 Å². The summed E-state index contributed by atoms with van der Waals surface area (Å²) in [5.41, 5.74) is 4.61. The van der Waals surface area contributed by atoms with E-state index < -0.39 is 22.8 Å². The first-order valence-corrected chi connectivity index (χ1v) is 7.57. The molecule has 0 fully saturated rings. The Morgan fingerprint density at radius 3 is 2.28 bits per heavy atom. The summed E-state index contributed by atoms with van der Waals surface area (Å²) in [6.45, 7) is 1.78. The number of nitro groups is 1. The minimum absolute atomic E-state index is 0.122. The number of hydrogen-bond acceptors (Lipinski definition) is 5. The van der Waals surface area contributed by atoms with Gasteiger partial charge in [0.15, 0.2) is 6.10 Å². The zero-order valence-corrected chi connectivity index (χ0v) is 13.5. The third-order valence-corrected chi connectivity index (χ3v) is 3.32. The molecule has 2 aromatic carbocycles. The molecule has 0 saturated carbocycles. The topological polar surface area (TPSA) is 111 Å². The molecule has 0 aliphatic rings. The van der Waals surface area contributed by atoms with Gasteiger partial charge in [0.05, 0.1) is 4.92 Å². The molecule has 2 aromatic rings. The van der Waals surface area contributed by atoms with Crippen molar-refractivity contribution in [2.24, 2.45) is 0 Å². The monoisotopic (exact) mass is 343 g/mol. The van der Waals surface area contributed by atoms with Gasteiger partial charge in [-0.05, 0) is 30.7 Å². The van der Waals surface area contributed by atoms with Crippen molar-refractivity contribution in [2.75, 3.05) is 0 Å². The number of nitrogens with zero attached hydrogens (tertiary/aromatic N) is 1. The number of amides is 2. The van der Waals surface area contributed by atoms with Gasteiger partial charge < -0.3 is 4.74 Å². The number of benzene rings is 2. The smallest absolute Gasteiger partial charge is 0.279 e. The molecule has 2 rings (SSSR count). The highest BCUT2D eigenvalue weighted by Crippen LogP contribution is 2.13. The van der Waals surface area contributed by atoms with Crippen molar-refractivity contribution in [3.63, 3.8) is 0 Å². The van der Waals surface area contributed by atoms with Gasteiger partial charge in [0.25, 0.3) is 17.5 Å². The van der Waals surface area contributed by atoms with Crippen LogP contribution in [-0.4, -0.2) is 22.8 Å². The number of non-ortho nitro benzene ring substituents is 1. The molecule has 25 heavy (non-hydrogen) atoms. The standard InChI is InChI=1S/C17H17N3O5/c1-2-15(25-14-6-4-3-5-7-14)17(22)19-18-16(21)12-8-10-13(11-9-12)20(23)24/h3-11,15H,2H2,1H3,(H,18,21)(H,19,22). The number of carbonyl (C=O) groups excluding carboxylic acids is 2. The molecule has 2 N–H and O–H groups in total. The Bertz CT molecular complexity index is 747. The maximum absolute atomic E-state index is 12.1. The lowest BCUT2D eigenvalue weighted by Gasteiger charge is -2.17. The van der Waals surface area contributed by atoms with E-state index in [9.17, 15) is 19.7 Å². The lowest BCUT2D eigenvalue weighted by Crippen LogP contribution is -2.47. The molecule has 8 nitrogen and oxygen atoms in total. The average Bonchev–Trinajstić information content (AvgIpc) is 2.64. The maximum Gasteiger partial charge on any atom is 0.279 e. The highest BCUT2D eigenvalue weighted by Gasteiger charge is 2.19. The highest BCUT2D eigenvalue weighted by atomic mass is 16.6. The number of para-hydroxylation sites is 1. The van der Waals surface area contributed by atoms with Gasteiger partial charge in [-0.1, -0.05) is 25.1 Å². The van der Waals surface area contributed by atoms with Gasteiger partial charge >= 0.3 is 0 Å². The Morgan fingerprint density at radius 2 is 1.72 bits per heavy atom. The van der Waals surface area contributed by atoms with Gasteiger partial charge in [-0.2, -0.15) is 0 Å². The third-order valence-electron chi connectivity index (χ3n) is 3.32. The summed E-state index contributed by atoms with van der Waals surface area (Å²) >= 11 is 0.